The first-order chi connectivity index (χ1) is 9.76. The first-order valence-electron chi connectivity index (χ1n) is 7.56. The summed E-state index contributed by atoms with van der Waals surface area (Å²) in [5.41, 5.74) is 1.32. The molecule has 20 heavy (non-hydrogen) atoms. The smallest absolute Gasteiger partial charge is 0.119 e. The molecule has 0 spiro atoms. The summed E-state index contributed by atoms with van der Waals surface area (Å²) in [6.07, 6.45) is 5.38. The molecule has 1 heterocycles. The Morgan fingerprint density at radius 1 is 1.35 bits per heavy atom. The first kappa shape index (κ1) is 14.4. The van der Waals surface area contributed by atoms with Crippen LogP contribution in [0.1, 0.15) is 31.2 Å². The van der Waals surface area contributed by atoms with Crippen LogP contribution in [0.2, 0.25) is 0 Å². The summed E-state index contributed by atoms with van der Waals surface area (Å²) in [5, 5.41) is 3.67. The molecule has 1 atom stereocenters. The van der Waals surface area contributed by atoms with Gasteiger partial charge in [-0.25, -0.2) is 0 Å². The molecule has 1 N–H and O–H groups in total. The molecule has 1 aromatic carbocycles. The second-order valence-electron chi connectivity index (χ2n) is 5.91. The third kappa shape index (κ3) is 3.54. The Labute approximate surface area is 129 Å². The predicted molar refractivity (Wildman–Crippen MR) is 85.2 cm³/mol. The van der Waals surface area contributed by atoms with Crippen LogP contribution in [0.15, 0.2) is 22.7 Å². The van der Waals surface area contributed by atoms with E-state index < -0.39 is 0 Å². The normalized spacial score (nSPS) is 23.2. The van der Waals surface area contributed by atoms with E-state index in [1.807, 2.05) is 6.07 Å². The summed E-state index contributed by atoms with van der Waals surface area (Å²) in [7, 11) is 1.73. The topological polar surface area (TPSA) is 24.5 Å². The molecule has 110 valence electrons. The van der Waals surface area contributed by atoms with Crippen LogP contribution in [-0.2, 0) is 6.54 Å². The van der Waals surface area contributed by atoms with Crippen LogP contribution >= 0.6 is 15.9 Å². The van der Waals surface area contributed by atoms with E-state index in [1.54, 1.807) is 7.11 Å². The molecule has 1 unspecified atom stereocenters. The molecular formula is C16H23BrN2O. The Bertz CT molecular complexity index is 462. The van der Waals surface area contributed by atoms with Crippen molar-refractivity contribution < 1.29 is 4.74 Å². The minimum Gasteiger partial charge on any atom is -0.497 e. The van der Waals surface area contributed by atoms with Crippen molar-refractivity contribution in [3.05, 3.63) is 28.2 Å². The lowest BCUT2D eigenvalue weighted by Crippen LogP contribution is -2.38. The number of hydrogen-bond acceptors (Lipinski definition) is 3. The van der Waals surface area contributed by atoms with Gasteiger partial charge in [0, 0.05) is 29.6 Å². The van der Waals surface area contributed by atoms with E-state index in [2.05, 4.69) is 38.3 Å². The summed E-state index contributed by atoms with van der Waals surface area (Å²) in [6, 6.07) is 7.73. The van der Waals surface area contributed by atoms with Crippen molar-refractivity contribution >= 4 is 15.9 Å². The average molecular weight is 339 g/mol. The van der Waals surface area contributed by atoms with Crippen molar-refractivity contribution in [2.24, 2.45) is 0 Å². The van der Waals surface area contributed by atoms with Crippen LogP contribution in [0.5, 0.6) is 5.75 Å². The molecular weight excluding hydrogens is 316 g/mol. The molecule has 0 amide bonds. The third-order valence-corrected chi connectivity index (χ3v) is 5.12. The molecule has 0 radical (unpaired) electrons. The maximum absolute atomic E-state index is 5.34. The van der Waals surface area contributed by atoms with E-state index in [0.29, 0.717) is 6.04 Å². The Balaban J connectivity index is 1.62. The first-order valence-corrected chi connectivity index (χ1v) is 8.35. The molecule has 1 saturated heterocycles. The van der Waals surface area contributed by atoms with E-state index in [9.17, 15) is 0 Å². The van der Waals surface area contributed by atoms with Gasteiger partial charge >= 0.3 is 0 Å². The van der Waals surface area contributed by atoms with E-state index in [4.69, 9.17) is 4.74 Å². The van der Waals surface area contributed by atoms with Gasteiger partial charge in [0.2, 0.25) is 0 Å². The number of rotatable bonds is 6. The van der Waals surface area contributed by atoms with Crippen LogP contribution in [0.25, 0.3) is 0 Å². The summed E-state index contributed by atoms with van der Waals surface area (Å²) in [4.78, 5) is 2.61. The van der Waals surface area contributed by atoms with Gasteiger partial charge in [-0.1, -0.05) is 15.9 Å². The van der Waals surface area contributed by atoms with Crippen molar-refractivity contribution in [2.45, 2.75) is 44.3 Å². The van der Waals surface area contributed by atoms with Crippen molar-refractivity contribution in [1.82, 2.24) is 10.2 Å². The van der Waals surface area contributed by atoms with Crippen molar-refractivity contribution in [3.63, 3.8) is 0 Å². The lowest BCUT2D eigenvalue weighted by Gasteiger charge is -2.25. The lowest BCUT2D eigenvalue weighted by molar-refractivity contribution is 0.238. The number of nitrogens with one attached hydrogen (secondary N) is 1. The average Bonchev–Trinajstić information content (AvgIpc) is 3.19. The highest BCUT2D eigenvalue weighted by Gasteiger charge is 2.28. The molecule has 2 fully saturated rings. The van der Waals surface area contributed by atoms with Crippen LogP contribution in [0.4, 0.5) is 0 Å². The Morgan fingerprint density at radius 3 is 2.95 bits per heavy atom. The second-order valence-corrected chi connectivity index (χ2v) is 6.76. The molecule has 3 rings (SSSR count). The van der Waals surface area contributed by atoms with Gasteiger partial charge in [0.25, 0.3) is 0 Å². The molecule has 3 nitrogen and oxygen atoms in total. The van der Waals surface area contributed by atoms with Gasteiger partial charge in [0.15, 0.2) is 0 Å². The van der Waals surface area contributed by atoms with Crippen LogP contribution < -0.4 is 10.1 Å². The number of methoxy groups -OCH3 is 1. The fourth-order valence-electron chi connectivity index (χ4n) is 2.94. The van der Waals surface area contributed by atoms with Crippen LogP contribution in [-0.4, -0.2) is 37.2 Å². The van der Waals surface area contributed by atoms with Crippen LogP contribution in [0, 0.1) is 0 Å². The van der Waals surface area contributed by atoms with E-state index in [-0.39, 0.29) is 0 Å². The maximum Gasteiger partial charge on any atom is 0.119 e. The van der Waals surface area contributed by atoms with Gasteiger partial charge < -0.3 is 10.1 Å². The summed E-state index contributed by atoms with van der Waals surface area (Å²) >= 11 is 3.66. The Hall–Kier alpha value is -0.580. The fraction of sp³-hybridized carbons (Fsp3) is 0.625. The van der Waals surface area contributed by atoms with Crippen molar-refractivity contribution in [1.29, 1.82) is 0 Å². The zero-order valence-electron chi connectivity index (χ0n) is 12.1. The number of hydrogen-bond donors (Lipinski definition) is 1. The number of benzene rings is 1. The van der Waals surface area contributed by atoms with E-state index in [1.165, 1.54) is 42.3 Å². The number of likely N-dealkylation sites (tertiary alicyclic amines) is 1. The number of halogens is 1. The van der Waals surface area contributed by atoms with Crippen molar-refractivity contribution in [3.8, 4) is 5.75 Å². The molecule has 1 aliphatic carbocycles. The third-order valence-electron chi connectivity index (χ3n) is 4.34. The van der Waals surface area contributed by atoms with Crippen molar-refractivity contribution in [2.75, 3.05) is 20.2 Å². The van der Waals surface area contributed by atoms with E-state index >= 15 is 0 Å². The minimum atomic E-state index is 0.689. The molecule has 2 aliphatic rings. The number of nitrogens with zero attached hydrogens (tertiary/aromatic N) is 1. The highest BCUT2D eigenvalue weighted by Crippen LogP contribution is 2.27. The van der Waals surface area contributed by atoms with E-state index in [0.717, 1.165) is 24.9 Å². The van der Waals surface area contributed by atoms with Gasteiger partial charge in [0.1, 0.15) is 5.75 Å². The summed E-state index contributed by atoms with van der Waals surface area (Å²) in [6.45, 7) is 3.36. The predicted octanol–water partition coefficient (Wildman–Crippen LogP) is 3.17. The summed E-state index contributed by atoms with van der Waals surface area (Å²) < 4.78 is 6.52. The molecule has 1 aliphatic heterocycles. The molecule has 0 aromatic heterocycles. The standard InChI is InChI=1S/C16H23BrN2O/c1-20-15-6-7-16(17)12(9-15)11-19-8-2-3-14(19)10-18-13-4-5-13/h6-7,9,13-14,18H,2-5,8,10-11H2,1H3. The minimum absolute atomic E-state index is 0.689. The Kier molecular flexibility index (Phi) is 4.64. The zero-order chi connectivity index (χ0) is 13.9. The molecule has 1 saturated carbocycles. The largest absolute Gasteiger partial charge is 0.497 e. The number of ether oxygens (including phenoxy) is 1. The highest BCUT2D eigenvalue weighted by molar-refractivity contribution is 9.10. The molecule has 0 bridgehead atoms. The Morgan fingerprint density at radius 2 is 2.20 bits per heavy atom. The molecule has 4 heteroatoms. The molecule has 1 aromatic rings. The maximum atomic E-state index is 5.34. The SMILES string of the molecule is COc1ccc(Br)c(CN2CCCC2CNC2CC2)c1. The van der Waals surface area contributed by atoms with Gasteiger partial charge in [-0.2, -0.15) is 0 Å². The lowest BCUT2D eigenvalue weighted by atomic mass is 10.1. The van der Waals surface area contributed by atoms with Gasteiger partial charge in [-0.15, -0.1) is 0 Å². The zero-order valence-corrected chi connectivity index (χ0v) is 13.7. The fourth-order valence-corrected chi connectivity index (χ4v) is 3.31. The van der Waals surface area contributed by atoms with Gasteiger partial charge in [-0.3, -0.25) is 4.90 Å². The highest BCUT2D eigenvalue weighted by atomic mass is 79.9. The second kappa shape index (κ2) is 6.46. The quantitative estimate of drug-likeness (QED) is 0.862. The monoisotopic (exact) mass is 338 g/mol. The van der Waals surface area contributed by atoms with Crippen LogP contribution in [0.3, 0.4) is 0 Å². The summed E-state index contributed by atoms with van der Waals surface area (Å²) in [5.74, 6) is 0.940. The van der Waals surface area contributed by atoms with Gasteiger partial charge in [0.05, 0.1) is 7.11 Å². The van der Waals surface area contributed by atoms with Gasteiger partial charge in [-0.05, 0) is 56.0 Å².